The van der Waals surface area contributed by atoms with Gasteiger partial charge in [0, 0.05) is 39.6 Å². The smallest absolute Gasteiger partial charge is 0.375 e. The quantitative estimate of drug-likeness (QED) is 0.691. The zero-order valence-electron chi connectivity index (χ0n) is 13.2. The third-order valence-corrected chi connectivity index (χ3v) is 5.08. The summed E-state index contributed by atoms with van der Waals surface area (Å²) in [6.07, 6.45) is 2.02. The number of nitrogens with zero attached hydrogens (tertiary/aromatic N) is 2. The van der Waals surface area contributed by atoms with Gasteiger partial charge in [0.15, 0.2) is 0 Å². The minimum atomic E-state index is -2.77. The molecule has 8 heteroatoms. The predicted octanol–water partition coefficient (Wildman–Crippen LogP) is 2.19. The van der Waals surface area contributed by atoms with E-state index in [9.17, 15) is 18.4 Å². The highest BCUT2D eigenvalue weighted by molar-refractivity contribution is 5.80. The van der Waals surface area contributed by atoms with Crippen molar-refractivity contribution in [3.63, 3.8) is 0 Å². The molecule has 2 saturated heterocycles. The van der Waals surface area contributed by atoms with Gasteiger partial charge in [-0.1, -0.05) is 0 Å². The number of amides is 2. The molecule has 2 amide bonds. The number of halogens is 2. The minimum absolute atomic E-state index is 0.101. The molecule has 6 nitrogen and oxygen atoms in total. The lowest BCUT2D eigenvalue weighted by Gasteiger charge is -2.39. The molecular weight excluding hydrogens is 310 g/mol. The van der Waals surface area contributed by atoms with Gasteiger partial charge in [0.25, 0.3) is 5.91 Å². The van der Waals surface area contributed by atoms with Gasteiger partial charge >= 0.3 is 6.09 Å². The molecule has 1 saturated carbocycles. The molecule has 0 bridgehead atoms. The molecule has 0 aromatic rings. The van der Waals surface area contributed by atoms with Crippen molar-refractivity contribution in [2.75, 3.05) is 26.7 Å². The van der Waals surface area contributed by atoms with Crippen LogP contribution in [-0.4, -0.2) is 60.2 Å². The molecule has 0 N–H and O–H groups in total. The third kappa shape index (κ3) is 3.41. The lowest BCUT2D eigenvalue weighted by atomic mass is 9.81. The summed E-state index contributed by atoms with van der Waals surface area (Å²) in [5, 5.41) is 0.790. The van der Waals surface area contributed by atoms with Crippen LogP contribution in [0.3, 0.4) is 0 Å². The van der Waals surface area contributed by atoms with Crippen LogP contribution < -0.4 is 0 Å². The topological polar surface area (TPSA) is 59.1 Å². The Bertz CT molecular complexity index is 476. The maximum Gasteiger partial charge on any atom is 0.434 e. The van der Waals surface area contributed by atoms with Crippen molar-refractivity contribution in [1.82, 2.24) is 9.96 Å². The molecule has 3 rings (SSSR count). The highest BCUT2D eigenvalue weighted by atomic mass is 19.3. The van der Waals surface area contributed by atoms with E-state index >= 15 is 0 Å². The number of alkyl halides is 2. The predicted molar refractivity (Wildman–Crippen MR) is 75.6 cm³/mol. The number of ether oxygens (including phenoxy) is 1. The number of hydrogen-bond donors (Lipinski definition) is 0. The summed E-state index contributed by atoms with van der Waals surface area (Å²) in [6.45, 7) is 1.80. The van der Waals surface area contributed by atoms with Crippen molar-refractivity contribution in [2.45, 2.75) is 50.0 Å². The van der Waals surface area contributed by atoms with Gasteiger partial charge in [0.2, 0.25) is 5.92 Å². The average Bonchev–Trinajstić information content (AvgIpc) is 2.92. The van der Waals surface area contributed by atoms with Gasteiger partial charge in [0.05, 0.1) is 11.5 Å². The summed E-state index contributed by atoms with van der Waals surface area (Å²) < 4.78 is 31.4. The lowest BCUT2D eigenvalue weighted by Crippen LogP contribution is -2.50. The second-order valence-electron chi connectivity index (χ2n) is 6.78. The Morgan fingerprint density at radius 2 is 1.87 bits per heavy atom. The van der Waals surface area contributed by atoms with Crippen molar-refractivity contribution in [3.05, 3.63) is 0 Å². The van der Waals surface area contributed by atoms with Gasteiger partial charge in [0.1, 0.15) is 0 Å². The second kappa shape index (κ2) is 5.89. The first-order valence-electron chi connectivity index (χ1n) is 8.07. The van der Waals surface area contributed by atoms with Crippen molar-refractivity contribution in [3.8, 4) is 0 Å². The molecule has 23 heavy (non-hydrogen) atoms. The summed E-state index contributed by atoms with van der Waals surface area (Å²) in [5.74, 6) is -4.11. The fourth-order valence-corrected chi connectivity index (χ4v) is 3.56. The molecular formula is C15H22F2N2O4. The van der Waals surface area contributed by atoms with E-state index in [-0.39, 0.29) is 5.60 Å². The molecule has 0 radical (unpaired) electrons. The van der Waals surface area contributed by atoms with Crippen LogP contribution in [0.15, 0.2) is 0 Å². The van der Waals surface area contributed by atoms with E-state index < -0.39 is 36.7 Å². The molecule has 1 aliphatic carbocycles. The van der Waals surface area contributed by atoms with Gasteiger partial charge in [-0.3, -0.25) is 4.79 Å². The molecule has 2 aliphatic heterocycles. The standard InChI is InChI=1S/C15H22F2N2O4/c1-18(12(20)11-9-15(16,17)10-11)23-13(21)19-6-4-14(5-7-19)3-2-8-22-14/h11H,2-10H2,1H3. The summed E-state index contributed by atoms with van der Waals surface area (Å²) in [4.78, 5) is 30.6. The Hall–Kier alpha value is -1.44. The van der Waals surface area contributed by atoms with Crippen molar-refractivity contribution < 1.29 is 27.9 Å². The van der Waals surface area contributed by atoms with Gasteiger partial charge in [-0.15, -0.1) is 0 Å². The van der Waals surface area contributed by atoms with Gasteiger partial charge < -0.3 is 14.5 Å². The molecule has 2 heterocycles. The number of likely N-dealkylation sites (tertiary alicyclic amines) is 1. The molecule has 3 fully saturated rings. The largest absolute Gasteiger partial charge is 0.434 e. The van der Waals surface area contributed by atoms with E-state index in [0.29, 0.717) is 13.1 Å². The van der Waals surface area contributed by atoms with E-state index in [4.69, 9.17) is 9.57 Å². The summed E-state index contributed by atoms with van der Waals surface area (Å²) in [6, 6.07) is 0. The number of piperidine rings is 1. The number of hydrogen-bond acceptors (Lipinski definition) is 4. The van der Waals surface area contributed by atoms with Crippen LogP contribution in [0.2, 0.25) is 0 Å². The first-order valence-corrected chi connectivity index (χ1v) is 8.07. The van der Waals surface area contributed by atoms with Crippen molar-refractivity contribution in [2.24, 2.45) is 5.92 Å². The SMILES string of the molecule is CN(OC(=O)N1CCC2(CCCO2)CC1)C(=O)C1CC(F)(F)C1. The van der Waals surface area contributed by atoms with Gasteiger partial charge in [-0.05, 0) is 25.7 Å². The molecule has 1 spiro atoms. The maximum absolute atomic E-state index is 12.8. The van der Waals surface area contributed by atoms with Crippen LogP contribution in [0, 0.1) is 5.92 Å². The summed E-state index contributed by atoms with van der Waals surface area (Å²) in [5.41, 5.74) is -0.101. The number of carbonyl (C=O) groups is 2. The van der Waals surface area contributed by atoms with E-state index in [0.717, 1.165) is 37.4 Å². The maximum atomic E-state index is 12.8. The third-order valence-electron chi connectivity index (χ3n) is 5.08. The average molecular weight is 332 g/mol. The fourth-order valence-electron chi connectivity index (χ4n) is 3.56. The van der Waals surface area contributed by atoms with E-state index in [2.05, 4.69) is 0 Å². The zero-order chi connectivity index (χ0) is 16.7. The lowest BCUT2D eigenvalue weighted by molar-refractivity contribution is -0.186. The van der Waals surface area contributed by atoms with Crippen LogP contribution in [0.25, 0.3) is 0 Å². The number of hydroxylamine groups is 2. The zero-order valence-corrected chi connectivity index (χ0v) is 13.2. The highest BCUT2D eigenvalue weighted by Gasteiger charge is 2.50. The first kappa shape index (κ1) is 16.4. The highest BCUT2D eigenvalue weighted by Crippen LogP contribution is 2.43. The normalized spacial score (nSPS) is 26.0. The molecule has 0 aromatic heterocycles. The monoisotopic (exact) mass is 332 g/mol. The second-order valence-corrected chi connectivity index (χ2v) is 6.78. The number of rotatable bonds is 1. The van der Waals surface area contributed by atoms with Crippen molar-refractivity contribution >= 4 is 12.0 Å². The van der Waals surface area contributed by atoms with Gasteiger partial charge in [-0.2, -0.15) is 5.06 Å². The summed E-state index contributed by atoms with van der Waals surface area (Å²) in [7, 11) is 1.29. The molecule has 0 atom stereocenters. The van der Waals surface area contributed by atoms with Crippen LogP contribution in [0.4, 0.5) is 13.6 Å². The van der Waals surface area contributed by atoms with Crippen molar-refractivity contribution in [1.29, 1.82) is 0 Å². The molecule has 0 aromatic carbocycles. The molecule has 3 aliphatic rings. The minimum Gasteiger partial charge on any atom is -0.375 e. The molecule has 130 valence electrons. The fraction of sp³-hybridized carbons (Fsp3) is 0.867. The first-order chi connectivity index (χ1) is 10.8. The van der Waals surface area contributed by atoms with Crippen LogP contribution in [-0.2, 0) is 14.4 Å². The van der Waals surface area contributed by atoms with Crippen LogP contribution in [0.5, 0.6) is 0 Å². The van der Waals surface area contributed by atoms with Crippen LogP contribution in [0.1, 0.15) is 38.5 Å². The summed E-state index contributed by atoms with van der Waals surface area (Å²) >= 11 is 0. The van der Waals surface area contributed by atoms with Gasteiger partial charge in [-0.25, -0.2) is 13.6 Å². The Morgan fingerprint density at radius 1 is 1.22 bits per heavy atom. The van der Waals surface area contributed by atoms with E-state index in [1.54, 1.807) is 0 Å². The van der Waals surface area contributed by atoms with E-state index in [1.807, 2.05) is 0 Å². The Morgan fingerprint density at radius 3 is 2.39 bits per heavy atom. The number of carbonyl (C=O) groups excluding carboxylic acids is 2. The molecule has 0 unspecified atom stereocenters. The van der Waals surface area contributed by atoms with Crippen LogP contribution >= 0.6 is 0 Å². The Labute approximate surface area is 133 Å². The Balaban J connectivity index is 1.45. The van der Waals surface area contributed by atoms with E-state index in [1.165, 1.54) is 11.9 Å². The Kier molecular flexibility index (Phi) is 4.20.